The van der Waals surface area contributed by atoms with Gasteiger partial charge in [-0.1, -0.05) is 0 Å². The fraction of sp³-hybridized carbons (Fsp3) is 0.880. The highest BCUT2D eigenvalue weighted by Gasteiger charge is 2.57. The van der Waals surface area contributed by atoms with Crippen LogP contribution in [-0.4, -0.2) is 77.4 Å². The van der Waals surface area contributed by atoms with Crippen molar-refractivity contribution in [3.8, 4) is 0 Å². The minimum absolute atomic E-state index is 0.0145. The number of nitrogens with one attached hydrogen (secondary N) is 1. The van der Waals surface area contributed by atoms with Gasteiger partial charge in [-0.2, -0.15) is 0 Å². The summed E-state index contributed by atoms with van der Waals surface area (Å²) < 4.78 is 36.2. The predicted molar refractivity (Wildman–Crippen MR) is 139 cm³/mol. The Morgan fingerprint density at radius 3 is 1.81 bits per heavy atom. The standard InChI is InChI=1S/C25H47N2O8P/c1-11-32-36(31)17-15-26-18-25(36,19(28)33-22(2,3)4)14-12-13-16-27(20(29)34-23(5,6)7)21(30)35-24(8,9)10/h26H,11-18H2,1-10H3/t25-,36?/m0/s1. The molecule has 0 bridgehead atoms. The van der Waals surface area contributed by atoms with Gasteiger partial charge in [0.25, 0.3) is 0 Å². The average molecular weight is 535 g/mol. The van der Waals surface area contributed by atoms with Gasteiger partial charge in [-0.3, -0.25) is 9.36 Å². The van der Waals surface area contributed by atoms with Gasteiger partial charge in [-0.05, 0) is 88.5 Å². The maximum atomic E-state index is 13.9. The first-order valence-electron chi connectivity index (χ1n) is 12.7. The Morgan fingerprint density at radius 2 is 1.36 bits per heavy atom. The highest BCUT2D eigenvalue weighted by atomic mass is 31.2. The highest BCUT2D eigenvalue weighted by Crippen LogP contribution is 2.62. The maximum absolute atomic E-state index is 13.9. The number of unbranched alkanes of at least 4 members (excludes halogenated alkanes) is 1. The van der Waals surface area contributed by atoms with Crippen LogP contribution in [0.2, 0.25) is 0 Å². The zero-order valence-corrected chi connectivity index (χ0v) is 24.7. The van der Waals surface area contributed by atoms with E-state index < -0.39 is 47.5 Å². The molecular formula is C25H47N2O8P. The van der Waals surface area contributed by atoms with Gasteiger partial charge >= 0.3 is 18.2 Å². The van der Waals surface area contributed by atoms with E-state index in [4.69, 9.17) is 18.7 Å². The van der Waals surface area contributed by atoms with Gasteiger partial charge in [0, 0.05) is 25.8 Å². The lowest BCUT2D eigenvalue weighted by atomic mass is 9.99. The Morgan fingerprint density at radius 1 is 0.861 bits per heavy atom. The number of esters is 1. The summed E-state index contributed by atoms with van der Waals surface area (Å²) in [6.45, 7) is 18.2. The number of amides is 2. The van der Waals surface area contributed by atoms with E-state index in [-0.39, 0.29) is 32.3 Å². The zero-order chi connectivity index (χ0) is 28.0. The Kier molecular flexibility index (Phi) is 11.0. The first-order valence-corrected chi connectivity index (χ1v) is 14.5. The largest absolute Gasteiger partial charge is 0.459 e. The van der Waals surface area contributed by atoms with Crippen LogP contribution in [-0.2, 0) is 28.1 Å². The summed E-state index contributed by atoms with van der Waals surface area (Å²) in [4.78, 5) is 39.8. The molecule has 1 unspecified atom stereocenters. The normalized spacial score (nSPS) is 23.1. The first kappa shape index (κ1) is 32.4. The van der Waals surface area contributed by atoms with Gasteiger partial charge in [-0.25, -0.2) is 14.5 Å². The van der Waals surface area contributed by atoms with Gasteiger partial charge in [0.15, 0.2) is 5.16 Å². The van der Waals surface area contributed by atoms with Crippen molar-refractivity contribution in [2.24, 2.45) is 0 Å². The Hall–Kier alpha value is -1.64. The molecule has 1 rings (SSSR count). The van der Waals surface area contributed by atoms with E-state index in [2.05, 4.69) is 5.32 Å². The third-order valence-electron chi connectivity index (χ3n) is 5.22. The molecule has 1 N–H and O–H groups in total. The number of nitrogens with zero attached hydrogens (tertiary/aromatic N) is 1. The fourth-order valence-corrected chi connectivity index (χ4v) is 6.63. The van der Waals surface area contributed by atoms with Gasteiger partial charge in [0.1, 0.15) is 16.8 Å². The van der Waals surface area contributed by atoms with Crippen LogP contribution in [0.4, 0.5) is 9.59 Å². The van der Waals surface area contributed by atoms with Crippen molar-refractivity contribution in [2.45, 2.75) is 110 Å². The van der Waals surface area contributed by atoms with Crippen LogP contribution in [0.25, 0.3) is 0 Å². The van der Waals surface area contributed by atoms with Crippen LogP contribution in [0.5, 0.6) is 0 Å². The number of carbonyl (C=O) groups is 3. The van der Waals surface area contributed by atoms with E-state index in [1.54, 1.807) is 69.2 Å². The minimum Gasteiger partial charge on any atom is -0.459 e. The molecule has 0 aromatic heterocycles. The number of carbonyl (C=O) groups excluding carboxylic acids is 3. The third kappa shape index (κ3) is 9.67. The van der Waals surface area contributed by atoms with Crippen LogP contribution in [0.3, 0.4) is 0 Å². The molecule has 0 radical (unpaired) electrons. The van der Waals surface area contributed by atoms with Crippen LogP contribution >= 0.6 is 7.37 Å². The number of hydrogen-bond donors (Lipinski definition) is 1. The molecule has 0 spiro atoms. The number of ether oxygens (including phenoxy) is 3. The smallest absolute Gasteiger partial charge is 0.419 e. The summed E-state index contributed by atoms with van der Waals surface area (Å²) in [5.74, 6) is -0.560. The summed E-state index contributed by atoms with van der Waals surface area (Å²) in [7, 11) is -3.39. The molecule has 210 valence electrons. The lowest BCUT2D eigenvalue weighted by Crippen LogP contribution is -2.55. The number of imide groups is 1. The van der Waals surface area contributed by atoms with Gasteiger partial charge in [0.2, 0.25) is 7.37 Å². The molecule has 2 amide bonds. The predicted octanol–water partition coefficient (Wildman–Crippen LogP) is 5.33. The average Bonchev–Trinajstić information content (AvgIpc) is 2.65. The fourth-order valence-electron chi connectivity index (χ4n) is 3.78. The molecule has 0 aliphatic carbocycles. The second-order valence-corrected chi connectivity index (χ2v) is 15.0. The Balaban J connectivity index is 3.10. The van der Waals surface area contributed by atoms with Crippen molar-refractivity contribution in [1.29, 1.82) is 0 Å². The molecule has 36 heavy (non-hydrogen) atoms. The first-order chi connectivity index (χ1) is 16.3. The Bertz CT molecular complexity index is 791. The van der Waals surface area contributed by atoms with Crippen molar-refractivity contribution < 1.29 is 37.7 Å². The van der Waals surface area contributed by atoms with Crippen LogP contribution in [0.15, 0.2) is 0 Å². The van der Waals surface area contributed by atoms with Crippen molar-refractivity contribution in [3.63, 3.8) is 0 Å². The van der Waals surface area contributed by atoms with Gasteiger partial charge in [-0.15, -0.1) is 0 Å². The third-order valence-corrected chi connectivity index (χ3v) is 8.58. The molecule has 10 nitrogen and oxygen atoms in total. The van der Waals surface area contributed by atoms with E-state index in [0.29, 0.717) is 19.4 Å². The topological polar surface area (TPSA) is 120 Å². The van der Waals surface area contributed by atoms with Crippen LogP contribution in [0, 0.1) is 0 Å². The van der Waals surface area contributed by atoms with E-state index >= 15 is 0 Å². The highest BCUT2D eigenvalue weighted by molar-refractivity contribution is 7.62. The molecule has 1 aliphatic rings. The molecule has 1 heterocycles. The van der Waals surface area contributed by atoms with Crippen molar-refractivity contribution >= 4 is 25.5 Å². The van der Waals surface area contributed by atoms with E-state index in [0.717, 1.165) is 4.90 Å². The molecule has 0 aromatic carbocycles. The molecular weight excluding hydrogens is 487 g/mol. The van der Waals surface area contributed by atoms with Crippen molar-refractivity contribution in [1.82, 2.24) is 10.2 Å². The molecule has 1 aliphatic heterocycles. The molecule has 11 heteroatoms. The number of rotatable bonds is 8. The molecule has 2 atom stereocenters. The SMILES string of the molecule is CCOP1(=O)CCNC[C@@]1(CCCCN(C(=O)OC(C)(C)C)C(=O)OC(C)(C)C)C(=O)OC(C)(C)C. The summed E-state index contributed by atoms with van der Waals surface area (Å²) in [5, 5.41) is 1.83. The van der Waals surface area contributed by atoms with Crippen molar-refractivity contribution in [3.05, 3.63) is 0 Å². The lowest BCUT2D eigenvalue weighted by Gasteiger charge is -2.42. The van der Waals surface area contributed by atoms with E-state index in [9.17, 15) is 18.9 Å². The van der Waals surface area contributed by atoms with Crippen LogP contribution in [0.1, 0.15) is 88.5 Å². The summed E-state index contributed by atoms with van der Waals surface area (Å²) in [5.41, 5.74) is -2.35. The van der Waals surface area contributed by atoms with Crippen molar-refractivity contribution in [2.75, 3.05) is 32.4 Å². The minimum atomic E-state index is -3.39. The van der Waals surface area contributed by atoms with Crippen LogP contribution < -0.4 is 5.32 Å². The molecule has 0 aromatic rings. The monoisotopic (exact) mass is 534 g/mol. The maximum Gasteiger partial charge on any atom is 0.419 e. The van der Waals surface area contributed by atoms with Gasteiger partial charge in [0.05, 0.1) is 6.61 Å². The molecule has 0 saturated carbocycles. The molecule has 1 fully saturated rings. The Labute approximate surface area is 216 Å². The quantitative estimate of drug-likeness (QED) is 0.191. The van der Waals surface area contributed by atoms with E-state index in [1.165, 1.54) is 0 Å². The second kappa shape index (κ2) is 12.3. The zero-order valence-electron chi connectivity index (χ0n) is 23.8. The van der Waals surface area contributed by atoms with Gasteiger partial charge < -0.3 is 24.1 Å². The number of hydrogen-bond acceptors (Lipinski definition) is 9. The second-order valence-electron chi connectivity index (χ2n) is 12.1. The summed E-state index contributed by atoms with van der Waals surface area (Å²) in [6.07, 6.45) is -0.448. The molecule has 1 saturated heterocycles. The summed E-state index contributed by atoms with van der Waals surface area (Å²) >= 11 is 0. The lowest BCUT2D eigenvalue weighted by molar-refractivity contribution is -0.159. The van der Waals surface area contributed by atoms with E-state index in [1.807, 2.05) is 0 Å². The summed E-state index contributed by atoms with van der Waals surface area (Å²) in [6, 6.07) is 0.